The van der Waals surface area contributed by atoms with Crippen LogP contribution in [0.3, 0.4) is 0 Å². The Balaban J connectivity index is 1.59. The fourth-order valence-electron chi connectivity index (χ4n) is 3.28. The number of amides is 1. The van der Waals surface area contributed by atoms with Crippen LogP contribution in [0.1, 0.15) is 23.0 Å². The number of fused-ring (bicyclic) bond motifs is 1. The first-order valence-electron chi connectivity index (χ1n) is 8.12. The maximum Gasteiger partial charge on any atom is 0.264 e. The van der Waals surface area contributed by atoms with Crippen molar-refractivity contribution in [1.82, 2.24) is 9.88 Å². The first-order chi connectivity index (χ1) is 11.7. The molecule has 1 saturated heterocycles. The predicted octanol–water partition coefficient (Wildman–Crippen LogP) is 3.83. The Labute approximate surface area is 148 Å². The Kier molecular flexibility index (Phi) is 4.12. The van der Waals surface area contributed by atoms with Gasteiger partial charge in [0.2, 0.25) is 0 Å². The molecule has 0 bridgehead atoms. The van der Waals surface area contributed by atoms with Crippen LogP contribution in [0.5, 0.6) is 0 Å². The van der Waals surface area contributed by atoms with Crippen LogP contribution in [-0.2, 0) is 0 Å². The highest BCUT2D eigenvalue weighted by atomic mass is 32.1. The second kappa shape index (κ2) is 6.27. The van der Waals surface area contributed by atoms with E-state index in [1.807, 2.05) is 35.2 Å². The third-order valence-electron chi connectivity index (χ3n) is 4.58. The number of likely N-dealkylation sites (tertiary alicyclic amines) is 1. The molecule has 24 heavy (non-hydrogen) atoms. The summed E-state index contributed by atoms with van der Waals surface area (Å²) in [5.74, 6) is 0.545. The summed E-state index contributed by atoms with van der Waals surface area (Å²) in [5.41, 5.74) is 6.78. The molecular formula is C18H19N3OS2. The van der Waals surface area contributed by atoms with E-state index in [1.54, 1.807) is 11.3 Å². The largest absolute Gasteiger partial charge is 0.335 e. The molecule has 0 spiro atoms. The van der Waals surface area contributed by atoms with E-state index in [4.69, 9.17) is 5.73 Å². The Morgan fingerprint density at radius 3 is 2.88 bits per heavy atom. The van der Waals surface area contributed by atoms with Gasteiger partial charge in [-0.3, -0.25) is 4.79 Å². The second-order valence-electron chi connectivity index (χ2n) is 6.29. The maximum atomic E-state index is 12.8. The minimum atomic E-state index is 0.121. The Morgan fingerprint density at radius 1 is 1.29 bits per heavy atom. The summed E-state index contributed by atoms with van der Waals surface area (Å²) in [4.78, 5) is 21.3. The number of aromatic nitrogens is 1. The first kappa shape index (κ1) is 15.7. The van der Waals surface area contributed by atoms with Gasteiger partial charge in [0, 0.05) is 12.6 Å². The van der Waals surface area contributed by atoms with Crippen molar-refractivity contribution in [1.29, 1.82) is 0 Å². The first-order valence-corrected chi connectivity index (χ1v) is 9.76. The lowest BCUT2D eigenvalue weighted by Crippen LogP contribution is -2.33. The Bertz CT molecular complexity index is 852. The summed E-state index contributed by atoms with van der Waals surface area (Å²) in [6.45, 7) is 3.52. The number of thiophene rings is 1. The van der Waals surface area contributed by atoms with Gasteiger partial charge in [0.1, 0.15) is 5.01 Å². The van der Waals surface area contributed by atoms with Gasteiger partial charge >= 0.3 is 0 Å². The summed E-state index contributed by atoms with van der Waals surface area (Å²) in [5, 5.41) is 0.981. The van der Waals surface area contributed by atoms with E-state index in [9.17, 15) is 4.79 Å². The number of hydrogen-bond donors (Lipinski definition) is 1. The normalized spacial score (nSPS) is 20.8. The van der Waals surface area contributed by atoms with Crippen molar-refractivity contribution in [3.63, 3.8) is 0 Å². The van der Waals surface area contributed by atoms with Gasteiger partial charge in [-0.2, -0.15) is 0 Å². The lowest BCUT2D eigenvalue weighted by Gasteiger charge is -2.20. The number of benzene rings is 1. The zero-order valence-electron chi connectivity index (χ0n) is 13.4. The van der Waals surface area contributed by atoms with Crippen molar-refractivity contribution in [2.24, 2.45) is 11.7 Å². The quantitative estimate of drug-likeness (QED) is 0.775. The van der Waals surface area contributed by atoms with Crippen LogP contribution in [0, 0.1) is 5.92 Å². The van der Waals surface area contributed by atoms with Crippen molar-refractivity contribution in [2.75, 3.05) is 13.1 Å². The van der Waals surface area contributed by atoms with Crippen LogP contribution >= 0.6 is 22.7 Å². The van der Waals surface area contributed by atoms with Gasteiger partial charge in [-0.05, 0) is 50.1 Å². The van der Waals surface area contributed by atoms with Gasteiger partial charge in [-0.15, -0.1) is 22.7 Å². The van der Waals surface area contributed by atoms with Crippen molar-refractivity contribution in [3.05, 3.63) is 41.3 Å². The number of rotatable bonds is 3. The zero-order valence-corrected chi connectivity index (χ0v) is 15.1. The monoisotopic (exact) mass is 357 g/mol. The van der Waals surface area contributed by atoms with Crippen LogP contribution in [-0.4, -0.2) is 34.9 Å². The molecule has 6 heteroatoms. The molecule has 3 aromatic rings. The zero-order chi connectivity index (χ0) is 16.7. The summed E-state index contributed by atoms with van der Waals surface area (Å²) >= 11 is 3.20. The topological polar surface area (TPSA) is 59.2 Å². The third-order valence-corrected chi connectivity index (χ3v) is 6.86. The summed E-state index contributed by atoms with van der Waals surface area (Å²) < 4.78 is 1.17. The lowest BCUT2D eigenvalue weighted by atomic mass is 10.1. The molecule has 1 aliphatic rings. The van der Waals surface area contributed by atoms with Crippen molar-refractivity contribution < 1.29 is 4.79 Å². The SMILES string of the molecule is CC1CC(CN)CN1C(=O)c1ccc(-c2nc3ccccc3s2)s1. The molecule has 0 aliphatic carbocycles. The minimum Gasteiger partial charge on any atom is -0.335 e. The summed E-state index contributed by atoms with van der Waals surface area (Å²) in [7, 11) is 0. The van der Waals surface area contributed by atoms with E-state index in [1.165, 1.54) is 16.0 Å². The van der Waals surface area contributed by atoms with Gasteiger partial charge in [-0.1, -0.05) is 12.1 Å². The smallest absolute Gasteiger partial charge is 0.264 e. The fourth-order valence-corrected chi connectivity index (χ4v) is 5.27. The van der Waals surface area contributed by atoms with Gasteiger partial charge in [-0.25, -0.2) is 4.98 Å². The van der Waals surface area contributed by atoms with Crippen molar-refractivity contribution in [3.8, 4) is 9.88 Å². The molecular weight excluding hydrogens is 338 g/mol. The highest BCUT2D eigenvalue weighted by Crippen LogP contribution is 2.35. The standard InChI is InChI=1S/C18H19N3OS2/c1-11-8-12(9-19)10-21(11)18(22)16-7-6-15(23-16)17-20-13-4-2-3-5-14(13)24-17/h2-7,11-12H,8-10,19H2,1H3. The van der Waals surface area contributed by atoms with E-state index in [2.05, 4.69) is 18.0 Å². The number of carbonyl (C=O) groups excluding carboxylic acids is 1. The predicted molar refractivity (Wildman–Crippen MR) is 101 cm³/mol. The molecule has 1 aliphatic heterocycles. The van der Waals surface area contributed by atoms with Gasteiger partial charge in [0.05, 0.1) is 20.0 Å². The summed E-state index contributed by atoms with van der Waals surface area (Å²) in [6, 6.07) is 12.3. The average Bonchev–Trinajstić information content (AvgIpc) is 3.31. The maximum absolute atomic E-state index is 12.8. The second-order valence-corrected chi connectivity index (χ2v) is 8.41. The third kappa shape index (κ3) is 2.75. The van der Waals surface area contributed by atoms with E-state index in [0.717, 1.165) is 33.2 Å². The van der Waals surface area contributed by atoms with E-state index >= 15 is 0 Å². The van der Waals surface area contributed by atoms with E-state index in [0.29, 0.717) is 12.5 Å². The highest BCUT2D eigenvalue weighted by molar-refractivity contribution is 7.26. The fraction of sp³-hybridized carbons (Fsp3) is 0.333. The molecule has 2 unspecified atom stereocenters. The molecule has 4 nitrogen and oxygen atoms in total. The number of nitrogens with zero attached hydrogens (tertiary/aromatic N) is 2. The molecule has 0 radical (unpaired) electrons. The van der Waals surface area contributed by atoms with Crippen LogP contribution in [0.4, 0.5) is 0 Å². The van der Waals surface area contributed by atoms with E-state index < -0.39 is 0 Å². The van der Waals surface area contributed by atoms with Crippen LogP contribution in [0.25, 0.3) is 20.1 Å². The number of hydrogen-bond acceptors (Lipinski definition) is 5. The lowest BCUT2D eigenvalue weighted by molar-refractivity contribution is 0.0748. The molecule has 3 heterocycles. The minimum absolute atomic E-state index is 0.121. The molecule has 2 atom stereocenters. The van der Waals surface area contributed by atoms with Gasteiger partial charge in [0.25, 0.3) is 5.91 Å². The number of thiazole rings is 1. The molecule has 1 fully saturated rings. The molecule has 1 amide bonds. The van der Waals surface area contributed by atoms with Crippen molar-refractivity contribution >= 4 is 38.8 Å². The molecule has 4 rings (SSSR count). The van der Waals surface area contributed by atoms with Gasteiger partial charge < -0.3 is 10.6 Å². The average molecular weight is 358 g/mol. The van der Waals surface area contributed by atoms with Crippen LogP contribution < -0.4 is 5.73 Å². The molecule has 1 aromatic carbocycles. The number of para-hydroxylation sites is 1. The molecule has 0 saturated carbocycles. The number of nitrogens with two attached hydrogens (primary N) is 1. The summed E-state index contributed by atoms with van der Waals surface area (Å²) in [6.07, 6.45) is 0.998. The molecule has 124 valence electrons. The van der Waals surface area contributed by atoms with E-state index in [-0.39, 0.29) is 11.9 Å². The van der Waals surface area contributed by atoms with Gasteiger partial charge in [0.15, 0.2) is 0 Å². The Hall–Kier alpha value is -1.76. The number of carbonyl (C=O) groups is 1. The van der Waals surface area contributed by atoms with Crippen molar-refractivity contribution in [2.45, 2.75) is 19.4 Å². The van der Waals surface area contributed by atoms with Crippen LogP contribution in [0.15, 0.2) is 36.4 Å². The Morgan fingerprint density at radius 2 is 2.12 bits per heavy atom. The highest BCUT2D eigenvalue weighted by Gasteiger charge is 2.32. The molecule has 2 aromatic heterocycles. The molecule has 2 N–H and O–H groups in total. The van der Waals surface area contributed by atoms with Crippen LogP contribution in [0.2, 0.25) is 0 Å².